The first-order chi connectivity index (χ1) is 4.84. The fraction of sp³-hybridized carbons (Fsp3) is 0. The lowest BCUT2D eigenvalue weighted by molar-refractivity contribution is 0.558. The molecule has 0 aliphatic carbocycles. The zero-order valence-corrected chi connectivity index (χ0v) is 6.71. The van der Waals surface area contributed by atoms with E-state index in [1.54, 1.807) is 18.5 Å². The Morgan fingerprint density at radius 2 is 1.90 bits per heavy atom. The molecule has 1 aromatic carbocycles. The van der Waals surface area contributed by atoms with E-state index < -0.39 is 0 Å². The van der Waals surface area contributed by atoms with Gasteiger partial charge in [-0.15, -0.1) is 0 Å². The van der Waals surface area contributed by atoms with Gasteiger partial charge in [-0.25, -0.2) is 3.93 Å². The van der Waals surface area contributed by atoms with Crippen LogP contribution >= 0.6 is 16.1 Å². The number of hydrogen-bond acceptors (Lipinski definition) is 1. The molecular formula is C7H5BrNO. The fourth-order valence-corrected chi connectivity index (χ4v) is 0.848. The Morgan fingerprint density at radius 1 is 1.30 bits per heavy atom. The minimum Gasteiger partial charge on any atom is -0.262 e. The molecule has 1 aromatic rings. The molecule has 51 valence electrons. The van der Waals surface area contributed by atoms with E-state index in [4.69, 9.17) is 0 Å². The summed E-state index contributed by atoms with van der Waals surface area (Å²) < 4.78 is 1.22. The van der Waals surface area contributed by atoms with Crippen LogP contribution in [0.25, 0.3) is 0 Å². The number of anilines is 1. The first-order valence-corrected chi connectivity index (χ1v) is 3.44. The number of hydrogen-bond donors (Lipinski definition) is 0. The maximum absolute atomic E-state index is 10.1. The molecule has 2 nitrogen and oxygen atoms in total. The van der Waals surface area contributed by atoms with Crippen molar-refractivity contribution in [3.8, 4) is 0 Å². The number of benzene rings is 1. The van der Waals surface area contributed by atoms with Crippen LogP contribution in [0, 0.1) is 0 Å². The summed E-state index contributed by atoms with van der Waals surface area (Å²) in [5, 5.41) is 0. The summed E-state index contributed by atoms with van der Waals surface area (Å²) in [6.45, 7) is 0. The van der Waals surface area contributed by atoms with Gasteiger partial charge in [-0.05, 0) is 12.1 Å². The molecule has 0 atom stereocenters. The summed E-state index contributed by atoms with van der Waals surface area (Å²) in [6.07, 6.45) is 1.68. The third-order valence-electron chi connectivity index (χ3n) is 1.06. The number of para-hydroxylation sites is 1. The normalized spacial score (nSPS) is 8.90. The third-order valence-corrected chi connectivity index (χ3v) is 1.62. The van der Waals surface area contributed by atoms with Crippen molar-refractivity contribution in [3.05, 3.63) is 30.3 Å². The average Bonchev–Trinajstić information content (AvgIpc) is 2.05. The molecule has 0 N–H and O–H groups in total. The van der Waals surface area contributed by atoms with Crippen LogP contribution in [0.2, 0.25) is 0 Å². The highest BCUT2D eigenvalue weighted by Crippen LogP contribution is 2.13. The quantitative estimate of drug-likeness (QED) is 0.525. The molecule has 0 aliphatic rings. The van der Waals surface area contributed by atoms with Crippen LogP contribution < -0.4 is 3.93 Å². The van der Waals surface area contributed by atoms with E-state index in [2.05, 4.69) is 16.1 Å². The Kier molecular flexibility index (Phi) is 2.45. The monoisotopic (exact) mass is 198 g/mol. The summed E-state index contributed by atoms with van der Waals surface area (Å²) in [5.41, 5.74) is 0.775. The Morgan fingerprint density at radius 3 is 2.40 bits per heavy atom. The van der Waals surface area contributed by atoms with E-state index in [1.165, 1.54) is 3.93 Å². The highest BCUT2D eigenvalue weighted by Gasteiger charge is 1.97. The van der Waals surface area contributed by atoms with Crippen molar-refractivity contribution in [2.45, 2.75) is 0 Å². The first-order valence-electron chi connectivity index (χ1n) is 2.73. The second kappa shape index (κ2) is 3.37. The highest BCUT2D eigenvalue weighted by atomic mass is 79.9. The van der Waals surface area contributed by atoms with Crippen LogP contribution in [0.1, 0.15) is 0 Å². The smallest absolute Gasteiger partial charge is 0.262 e. The van der Waals surface area contributed by atoms with Crippen LogP contribution in [-0.2, 0) is 4.79 Å². The summed E-state index contributed by atoms with van der Waals surface area (Å²) in [5.74, 6) is 0. The number of halogens is 1. The summed E-state index contributed by atoms with van der Waals surface area (Å²) in [7, 11) is 0. The van der Waals surface area contributed by atoms with E-state index >= 15 is 0 Å². The molecule has 1 amide bonds. The Balaban J connectivity index is 2.84. The van der Waals surface area contributed by atoms with Gasteiger partial charge in [0.15, 0.2) is 0 Å². The van der Waals surface area contributed by atoms with Crippen molar-refractivity contribution in [2.24, 2.45) is 0 Å². The van der Waals surface area contributed by atoms with Crippen LogP contribution in [0.4, 0.5) is 5.69 Å². The molecular weight excluding hydrogens is 194 g/mol. The van der Waals surface area contributed by atoms with E-state index in [-0.39, 0.29) is 0 Å². The molecule has 10 heavy (non-hydrogen) atoms. The minimum atomic E-state index is 0.775. The van der Waals surface area contributed by atoms with Crippen molar-refractivity contribution in [2.75, 3.05) is 3.93 Å². The van der Waals surface area contributed by atoms with Crippen LogP contribution in [0.5, 0.6) is 0 Å². The molecule has 0 aromatic heterocycles. The molecule has 0 spiro atoms. The second-order valence-corrected chi connectivity index (χ2v) is 2.42. The maximum Gasteiger partial charge on any atom is 0.327 e. The molecule has 0 aliphatic heterocycles. The SMILES string of the molecule is O=[C]N(Br)c1ccccc1. The molecule has 0 fully saturated rings. The van der Waals surface area contributed by atoms with Crippen molar-refractivity contribution in [1.29, 1.82) is 0 Å². The Hall–Kier alpha value is -0.830. The van der Waals surface area contributed by atoms with Crippen molar-refractivity contribution in [3.63, 3.8) is 0 Å². The van der Waals surface area contributed by atoms with Crippen molar-refractivity contribution < 1.29 is 4.79 Å². The topological polar surface area (TPSA) is 20.3 Å². The predicted molar refractivity (Wildman–Crippen MR) is 43.5 cm³/mol. The van der Waals surface area contributed by atoms with E-state index in [9.17, 15) is 4.79 Å². The molecule has 0 bridgehead atoms. The number of amides is 1. The van der Waals surface area contributed by atoms with E-state index in [1.807, 2.05) is 18.2 Å². The van der Waals surface area contributed by atoms with Gasteiger partial charge in [-0.2, -0.15) is 0 Å². The molecule has 1 radical (unpaired) electrons. The fourth-order valence-electron chi connectivity index (χ4n) is 0.612. The lowest BCUT2D eigenvalue weighted by Gasteiger charge is -2.03. The molecule has 0 heterocycles. The summed E-state index contributed by atoms with van der Waals surface area (Å²) in [6, 6.07) is 9.19. The van der Waals surface area contributed by atoms with Gasteiger partial charge in [0.1, 0.15) is 0 Å². The zero-order chi connectivity index (χ0) is 7.40. The van der Waals surface area contributed by atoms with Gasteiger partial charge < -0.3 is 0 Å². The standard InChI is InChI=1S/C7H5BrNO/c8-9(6-10)7-4-2-1-3-5-7/h1-5H. The van der Waals surface area contributed by atoms with Crippen molar-refractivity contribution >= 4 is 28.2 Å². The van der Waals surface area contributed by atoms with E-state index in [0.717, 1.165) is 5.69 Å². The largest absolute Gasteiger partial charge is 0.327 e. The van der Waals surface area contributed by atoms with Crippen LogP contribution in [0.3, 0.4) is 0 Å². The minimum absolute atomic E-state index is 0.775. The second-order valence-electron chi connectivity index (χ2n) is 1.71. The number of rotatable bonds is 2. The van der Waals surface area contributed by atoms with Gasteiger partial charge in [0.2, 0.25) is 0 Å². The maximum atomic E-state index is 10.1. The van der Waals surface area contributed by atoms with Gasteiger partial charge in [-0.3, -0.25) is 4.79 Å². The molecule has 0 saturated carbocycles. The average molecular weight is 199 g/mol. The lowest BCUT2D eigenvalue weighted by Crippen LogP contribution is -2.03. The van der Waals surface area contributed by atoms with Crippen molar-refractivity contribution in [1.82, 2.24) is 0 Å². The summed E-state index contributed by atoms with van der Waals surface area (Å²) in [4.78, 5) is 10.1. The lowest BCUT2D eigenvalue weighted by atomic mass is 10.3. The van der Waals surface area contributed by atoms with Gasteiger partial charge in [0.25, 0.3) is 0 Å². The molecule has 0 saturated heterocycles. The molecule has 3 heteroatoms. The molecule has 0 unspecified atom stereocenters. The Labute approximate surface area is 67.8 Å². The van der Waals surface area contributed by atoms with Gasteiger partial charge in [0, 0.05) is 0 Å². The van der Waals surface area contributed by atoms with Gasteiger partial charge in [-0.1, -0.05) is 18.2 Å². The predicted octanol–water partition coefficient (Wildman–Crippen LogP) is 1.87. The number of nitrogens with zero attached hydrogens (tertiary/aromatic N) is 1. The first kappa shape index (κ1) is 7.28. The molecule has 1 rings (SSSR count). The number of carbonyl (C=O) groups excluding carboxylic acids is 1. The Bertz CT molecular complexity index is 212. The van der Waals surface area contributed by atoms with Crippen LogP contribution in [0.15, 0.2) is 30.3 Å². The van der Waals surface area contributed by atoms with E-state index in [0.29, 0.717) is 0 Å². The summed E-state index contributed by atoms with van der Waals surface area (Å²) >= 11 is 2.99. The zero-order valence-electron chi connectivity index (χ0n) is 5.12. The third kappa shape index (κ3) is 1.57. The highest BCUT2D eigenvalue weighted by molar-refractivity contribution is 9.10. The van der Waals surface area contributed by atoms with Gasteiger partial charge >= 0.3 is 6.41 Å². The van der Waals surface area contributed by atoms with Gasteiger partial charge in [0.05, 0.1) is 21.8 Å². The van der Waals surface area contributed by atoms with Crippen LogP contribution in [-0.4, -0.2) is 6.41 Å².